The van der Waals surface area contributed by atoms with E-state index in [9.17, 15) is 0 Å². The minimum Gasteiger partial charge on any atom is -0.318 e. The van der Waals surface area contributed by atoms with Gasteiger partial charge in [-0.1, -0.05) is 152 Å². The molecule has 4 aromatic carbocycles. The van der Waals surface area contributed by atoms with E-state index in [-0.39, 0.29) is 17.9 Å². The lowest BCUT2D eigenvalue weighted by molar-refractivity contribution is 0.741. The van der Waals surface area contributed by atoms with Crippen LogP contribution in [0.3, 0.4) is 0 Å². The summed E-state index contributed by atoms with van der Waals surface area (Å²) >= 11 is 0. The molecule has 0 fully saturated rings. The molecule has 0 radical (unpaired) electrons. The van der Waals surface area contributed by atoms with E-state index in [0.29, 0.717) is 17.3 Å². The summed E-state index contributed by atoms with van der Waals surface area (Å²) in [4.78, 5) is 34.1. The summed E-state index contributed by atoms with van der Waals surface area (Å²) in [7, 11) is 0. The SMILES string of the molecule is C1=CCC(c2cc(C3=CCCC=C3)nc(C3=NC(n4c5ccccc5c5c6c(ccc54)N(c4cccc(-c5nc(-c7ccccc7)cc(-c7ccccc7)n5)n4)C4C=CC=CC64)=CCC3)n2)C=C1. The normalized spacial score (nSPS) is 19.3. The molecule has 0 saturated carbocycles. The van der Waals surface area contributed by atoms with Gasteiger partial charge < -0.3 is 4.90 Å². The highest BCUT2D eigenvalue weighted by molar-refractivity contribution is 6.15. The summed E-state index contributed by atoms with van der Waals surface area (Å²) in [5.74, 6) is 3.33. The summed E-state index contributed by atoms with van der Waals surface area (Å²) in [5, 5.41) is 2.43. The Bertz CT molecular complexity index is 3510. The fraction of sp³-hybridized carbons (Fsp3) is 0.133. The van der Waals surface area contributed by atoms with E-state index in [4.69, 9.17) is 29.9 Å². The van der Waals surface area contributed by atoms with Crippen molar-refractivity contribution in [2.45, 2.75) is 50.0 Å². The number of anilines is 2. The molecule has 4 aromatic heterocycles. The second kappa shape index (κ2) is 16.8. The zero-order valence-electron chi connectivity index (χ0n) is 37.4. The fourth-order valence-corrected chi connectivity index (χ4v) is 10.6. The average molecular weight is 879 g/mol. The fourth-order valence-electron chi connectivity index (χ4n) is 10.6. The van der Waals surface area contributed by atoms with Gasteiger partial charge in [0.2, 0.25) is 0 Å². The van der Waals surface area contributed by atoms with E-state index in [2.05, 4.69) is 167 Å². The number of aliphatic imine (C=N–C) groups is 1. The van der Waals surface area contributed by atoms with Gasteiger partial charge in [-0.05, 0) is 91.8 Å². The number of nitrogens with zero attached hydrogens (tertiary/aromatic N) is 8. The lowest BCUT2D eigenvalue weighted by Gasteiger charge is -2.27. The number of allylic oxidation sites excluding steroid dienone is 11. The maximum absolute atomic E-state index is 5.48. The van der Waals surface area contributed by atoms with Gasteiger partial charge in [0.1, 0.15) is 17.3 Å². The number of rotatable bonds is 8. The second-order valence-electron chi connectivity index (χ2n) is 17.9. The van der Waals surface area contributed by atoms with Gasteiger partial charge in [-0.15, -0.1) is 0 Å². The first-order valence-electron chi connectivity index (χ1n) is 23.8. The number of fused-ring (bicyclic) bond motifs is 7. The van der Waals surface area contributed by atoms with Crippen molar-refractivity contribution in [2.75, 3.05) is 4.90 Å². The first kappa shape index (κ1) is 40.0. The Morgan fingerprint density at radius 2 is 1.32 bits per heavy atom. The summed E-state index contributed by atoms with van der Waals surface area (Å²) < 4.78 is 2.36. The van der Waals surface area contributed by atoms with Crippen molar-refractivity contribution >= 4 is 50.4 Å². The maximum atomic E-state index is 5.48. The van der Waals surface area contributed by atoms with Crippen molar-refractivity contribution in [2.24, 2.45) is 4.99 Å². The molecule has 3 unspecified atom stereocenters. The first-order valence-corrected chi connectivity index (χ1v) is 23.8. The predicted octanol–water partition coefficient (Wildman–Crippen LogP) is 13.9. The molecule has 6 heterocycles. The molecule has 0 amide bonds. The van der Waals surface area contributed by atoms with Crippen molar-refractivity contribution in [1.82, 2.24) is 29.5 Å². The van der Waals surface area contributed by atoms with E-state index in [1.54, 1.807) is 0 Å². The zero-order valence-corrected chi connectivity index (χ0v) is 37.4. The molecule has 0 N–H and O–H groups in total. The summed E-state index contributed by atoms with van der Waals surface area (Å²) in [6, 6.07) is 44.4. The molecule has 13 rings (SSSR count). The zero-order chi connectivity index (χ0) is 45.0. The largest absolute Gasteiger partial charge is 0.318 e. The Morgan fingerprint density at radius 1 is 0.544 bits per heavy atom. The van der Waals surface area contributed by atoms with Gasteiger partial charge in [-0.3, -0.25) is 4.57 Å². The third-order valence-electron chi connectivity index (χ3n) is 13.8. The summed E-state index contributed by atoms with van der Waals surface area (Å²) in [6.07, 6.45) is 31.4. The molecule has 0 spiro atoms. The molecular formula is C60H46N8. The predicted molar refractivity (Wildman–Crippen MR) is 277 cm³/mol. The molecule has 326 valence electrons. The Labute approximate surface area is 395 Å². The molecule has 8 aromatic rings. The highest BCUT2D eigenvalue weighted by Gasteiger charge is 2.40. The third kappa shape index (κ3) is 6.99. The Morgan fingerprint density at radius 3 is 2.12 bits per heavy atom. The minimum atomic E-state index is 0.0164. The maximum Gasteiger partial charge on any atom is 0.179 e. The molecule has 0 bridgehead atoms. The standard InChI is InChI=1S/C60H46N8/c1-5-19-39(20-6-1)47-37-48(40-21-7-2-8-22-40)64-59(63-47)45-29-17-33-55(61-45)67-51-31-15-13-27-43(51)57-53(67)35-36-54-58(57)44-28-14-16-32-52(44)68(54)56-34-18-30-46(62-56)60-65-49(41-23-9-3-10-24-41)38-50(66-60)42-25-11-4-12-26-42/h1-3,5-11,13-17,19-23,25-29,31-38,41,43,51H,4,12,18,24,30H2. The van der Waals surface area contributed by atoms with Crippen molar-refractivity contribution in [3.8, 4) is 34.0 Å². The van der Waals surface area contributed by atoms with E-state index >= 15 is 0 Å². The van der Waals surface area contributed by atoms with Crippen LogP contribution in [-0.4, -0.2) is 41.2 Å². The number of para-hydroxylation sites is 1. The lowest BCUT2D eigenvalue weighted by atomic mass is 9.89. The van der Waals surface area contributed by atoms with Crippen LogP contribution in [-0.2, 0) is 0 Å². The highest BCUT2D eigenvalue weighted by Crippen LogP contribution is 2.52. The molecule has 8 heteroatoms. The van der Waals surface area contributed by atoms with Crippen molar-refractivity contribution in [3.63, 3.8) is 0 Å². The van der Waals surface area contributed by atoms with Gasteiger partial charge in [-0.25, -0.2) is 29.9 Å². The Hall–Kier alpha value is -8.36. The quantitative estimate of drug-likeness (QED) is 0.151. The molecule has 3 atom stereocenters. The van der Waals surface area contributed by atoms with Crippen LogP contribution in [0.4, 0.5) is 11.5 Å². The molecule has 3 aliphatic carbocycles. The smallest absolute Gasteiger partial charge is 0.179 e. The molecule has 8 nitrogen and oxygen atoms in total. The van der Waals surface area contributed by atoms with Gasteiger partial charge in [0.25, 0.3) is 0 Å². The number of hydrogen-bond acceptors (Lipinski definition) is 7. The number of hydrogen-bond donors (Lipinski definition) is 0. The van der Waals surface area contributed by atoms with Crippen LogP contribution in [0, 0.1) is 0 Å². The number of pyridine rings is 1. The van der Waals surface area contributed by atoms with Crippen LogP contribution in [0.1, 0.15) is 66.7 Å². The van der Waals surface area contributed by atoms with Crippen LogP contribution in [0.25, 0.3) is 67.2 Å². The van der Waals surface area contributed by atoms with Crippen LogP contribution in [0.5, 0.6) is 0 Å². The van der Waals surface area contributed by atoms with Crippen LogP contribution in [0.15, 0.2) is 205 Å². The molecule has 2 aliphatic heterocycles. The van der Waals surface area contributed by atoms with Gasteiger partial charge in [0.05, 0.1) is 45.6 Å². The average Bonchev–Trinajstić information content (AvgIpc) is 3.95. The Balaban J connectivity index is 0.927. The van der Waals surface area contributed by atoms with E-state index in [1.165, 1.54) is 16.3 Å². The molecule has 68 heavy (non-hydrogen) atoms. The molecular weight excluding hydrogens is 833 g/mol. The van der Waals surface area contributed by atoms with Gasteiger partial charge in [-0.2, -0.15) is 0 Å². The monoisotopic (exact) mass is 878 g/mol. The highest BCUT2D eigenvalue weighted by atomic mass is 15.2. The second-order valence-corrected chi connectivity index (χ2v) is 17.9. The summed E-state index contributed by atoms with van der Waals surface area (Å²) in [6.45, 7) is 0. The van der Waals surface area contributed by atoms with E-state index in [1.807, 2.05) is 42.5 Å². The van der Waals surface area contributed by atoms with Gasteiger partial charge in [0, 0.05) is 39.4 Å². The van der Waals surface area contributed by atoms with Gasteiger partial charge >= 0.3 is 0 Å². The molecule has 0 saturated heterocycles. The van der Waals surface area contributed by atoms with Crippen LogP contribution in [0.2, 0.25) is 0 Å². The number of aromatic nitrogens is 6. The van der Waals surface area contributed by atoms with Crippen LogP contribution >= 0.6 is 0 Å². The minimum absolute atomic E-state index is 0.0164. The first-order chi connectivity index (χ1) is 33.7. The third-order valence-corrected chi connectivity index (χ3v) is 13.8. The van der Waals surface area contributed by atoms with Gasteiger partial charge in [0.15, 0.2) is 11.6 Å². The van der Waals surface area contributed by atoms with E-state index in [0.717, 1.165) is 106 Å². The molecule has 5 aliphatic rings. The Kier molecular flexibility index (Phi) is 9.88. The summed E-state index contributed by atoms with van der Waals surface area (Å²) in [5.41, 5.74) is 13.2. The van der Waals surface area contributed by atoms with Crippen molar-refractivity contribution in [3.05, 3.63) is 223 Å². The van der Waals surface area contributed by atoms with E-state index < -0.39 is 0 Å². The van der Waals surface area contributed by atoms with Crippen LogP contribution < -0.4 is 4.90 Å². The van der Waals surface area contributed by atoms with Crippen molar-refractivity contribution < 1.29 is 0 Å². The lowest BCUT2D eigenvalue weighted by Crippen LogP contribution is -2.29. The van der Waals surface area contributed by atoms with Crippen molar-refractivity contribution in [1.29, 1.82) is 0 Å². The number of benzene rings is 4. The topological polar surface area (TPSA) is 85.0 Å².